The number of likely N-dealkylation sites (tertiary alicyclic amines) is 1. The van der Waals surface area contributed by atoms with E-state index in [0.29, 0.717) is 31.5 Å². The molecule has 0 radical (unpaired) electrons. The molecule has 3 heterocycles. The van der Waals surface area contributed by atoms with Gasteiger partial charge in [0.25, 0.3) is 5.91 Å². The Morgan fingerprint density at radius 3 is 2.44 bits per heavy atom. The lowest BCUT2D eigenvalue weighted by atomic mass is 9.83. The second-order valence-corrected chi connectivity index (χ2v) is 9.42. The number of anilines is 1. The van der Waals surface area contributed by atoms with Crippen LogP contribution in [0.4, 0.5) is 5.69 Å². The van der Waals surface area contributed by atoms with E-state index in [4.69, 9.17) is 0 Å². The van der Waals surface area contributed by atoms with Gasteiger partial charge in [-0.2, -0.15) is 0 Å². The molecule has 1 fully saturated rings. The van der Waals surface area contributed by atoms with Gasteiger partial charge in [-0.05, 0) is 74.2 Å². The first kappa shape index (κ1) is 22.4. The van der Waals surface area contributed by atoms with Gasteiger partial charge in [0.15, 0.2) is 0 Å². The molecule has 2 aromatic heterocycles. The molecule has 1 aliphatic heterocycles. The molecule has 2 N–H and O–H groups in total. The quantitative estimate of drug-likeness (QED) is 0.391. The molecule has 2 aromatic carbocycles. The second kappa shape index (κ2) is 9.44. The number of nitrogens with zero attached hydrogens (tertiary/aromatic N) is 3. The number of pyridine rings is 2. The van der Waals surface area contributed by atoms with Gasteiger partial charge < -0.3 is 14.7 Å². The number of para-hydroxylation sites is 1. The first-order valence-corrected chi connectivity index (χ1v) is 12.2. The second-order valence-electron chi connectivity index (χ2n) is 8.57. The van der Waals surface area contributed by atoms with Crippen molar-refractivity contribution in [2.45, 2.75) is 30.3 Å². The maximum atomic E-state index is 13.0. The summed E-state index contributed by atoms with van der Waals surface area (Å²) in [7, 11) is 0. The van der Waals surface area contributed by atoms with Crippen LogP contribution in [0.15, 0.2) is 84.0 Å². The fraction of sp³-hybridized carbons (Fsp3) is 0.222. The molecule has 0 saturated carbocycles. The van der Waals surface area contributed by atoms with Crippen LogP contribution in [0.1, 0.15) is 34.5 Å². The van der Waals surface area contributed by atoms with Gasteiger partial charge in [-0.25, -0.2) is 0 Å². The Balaban J connectivity index is 1.21. The Kier molecular flexibility index (Phi) is 6.22. The van der Waals surface area contributed by atoms with E-state index < -0.39 is 5.60 Å². The number of aromatic nitrogens is 2. The summed E-state index contributed by atoms with van der Waals surface area (Å²) in [5.41, 5.74) is 3.28. The first-order valence-electron chi connectivity index (χ1n) is 11.3. The van der Waals surface area contributed by atoms with Crippen LogP contribution in [-0.2, 0) is 5.60 Å². The summed E-state index contributed by atoms with van der Waals surface area (Å²) in [4.78, 5) is 24.7. The molecular weight excluding hydrogens is 444 g/mol. The van der Waals surface area contributed by atoms with Gasteiger partial charge in [0.1, 0.15) is 0 Å². The summed E-state index contributed by atoms with van der Waals surface area (Å²) in [5, 5.41) is 12.3. The average molecular weight is 471 g/mol. The third-order valence-electron chi connectivity index (χ3n) is 6.39. The van der Waals surface area contributed by atoms with Crippen LogP contribution in [0.25, 0.3) is 10.9 Å². The molecule has 1 amide bonds. The zero-order valence-corrected chi connectivity index (χ0v) is 19.8. The molecule has 6 nitrogen and oxygen atoms in total. The highest BCUT2D eigenvalue weighted by molar-refractivity contribution is 8.00. The van der Waals surface area contributed by atoms with Gasteiger partial charge in [0.05, 0.1) is 16.0 Å². The predicted molar refractivity (Wildman–Crippen MR) is 136 cm³/mol. The number of rotatable bonds is 5. The minimum Gasteiger partial charge on any atom is -0.385 e. The maximum absolute atomic E-state index is 13.0. The van der Waals surface area contributed by atoms with Crippen molar-refractivity contribution in [1.82, 2.24) is 14.9 Å². The fourth-order valence-corrected chi connectivity index (χ4v) is 5.24. The zero-order chi connectivity index (χ0) is 23.5. The van der Waals surface area contributed by atoms with E-state index in [1.807, 2.05) is 78.6 Å². The zero-order valence-electron chi connectivity index (χ0n) is 18.9. The number of hydrogen-bond donors (Lipinski definition) is 2. The van der Waals surface area contributed by atoms with Crippen molar-refractivity contribution in [3.63, 3.8) is 0 Å². The smallest absolute Gasteiger partial charge is 0.253 e. The number of aliphatic hydroxyl groups is 1. The van der Waals surface area contributed by atoms with E-state index in [-0.39, 0.29) is 5.91 Å². The van der Waals surface area contributed by atoms with E-state index >= 15 is 0 Å². The first-order chi connectivity index (χ1) is 16.5. The molecule has 0 aliphatic carbocycles. The van der Waals surface area contributed by atoms with Gasteiger partial charge in [-0.1, -0.05) is 24.3 Å². The number of carbonyl (C=O) groups is 1. The topological polar surface area (TPSA) is 78.4 Å². The minimum absolute atomic E-state index is 0.0117. The van der Waals surface area contributed by atoms with Crippen molar-refractivity contribution >= 4 is 34.4 Å². The van der Waals surface area contributed by atoms with Crippen LogP contribution in [0.5, 0.6) is 0 Å². The molecule has 0 bridgehead atoms. The van der Waals surface area contributed by atoms with E-state index in [1.54, 1.807) is 12.4 Å². The Hall–Kier alpha value is -3.42. The molecule has 34 heavy (non-hydrogen) atoms. The summed E-state index contributed by atoms with van der Waals surface area (Å²) in [6.07, 6.45) is 4.53. The van der Waals surface area contributed by atoms with Crippen molar-refractivity contribution < 1.29 is 9.90 Å². The fourth-order valence-electron chi connectivity index (χ4n) is 4.46. The Bertz CT molecular complexity index is 1310. The van der Waals surface area contributed by atoms with Crippen LogP contribution < -0.4 is 4.72 Å². The van der Waals surface area contributed by atoms with Gasteiger partial charge in [-0.15, -0.1) is 0 Å². The summed E-state index contributed by atoms with van der Waals surface area (Å²) in [6.45, 7) is 2.93. The highest BCUT2D eigenvalue weighted by atomic mass is 32.2. The van der Waals surface area contributed by atoms with Crippen LogP contribution in [0.2, 0.25) is 0 Å². The van der Waals surface area contributed by atoms with Gasteiger partial charge in [0, 0.05) is 53.4 Å². The molecule has 7 heteroatoms. The summed E-state index contributed by atoms with van der Waals surface area (Å²) in [5.74, 6) is -0.0117. The number of benzene rings is 2. The molecule has 172 valence electrons. The summed E-state index contributed by atoms with van der Waals surface area (Å²) in [6, 6.07) is 21.4. The summed E-state index contributed by atoms with van der Waals surface area (Å²) >= 11 is 1.50. The Labute approximate surface area is 203 Å². The van der Waals surface area contributed by atoms with Crippen LogP contribution in [-0.4, -0.2) is 39.0 Å². The molecule has 0 unspecified atom stereocenters. The Morgan fingerprint density at radius 1 is 0.971 bits per heavy atom. The lowest BCUT2D eigenvalue weighted by Crippen LogP contribution is -2.45. The molecule has 5 rings (SSSR count). The molecule has 1 aliphatic rings. The number of piperidine rings is 1. The van der Waals surface area contributed by atoms with Crippen molar-refractivity contribution in [3.05, 3.63) is 95.9 Å². The molecule has 1 saturated heterocycles. The van der Waals surface area contributed by atoms with Crippen LogP contribution >= 0.6 is 11.9 Å². The third-order valence-corrected chi connectivity index (χ3v) is 7.28. The van der Waals surface area contributed by atoms with Crippen molar-refractivity contribution in [1.29, 1.82) is 0 Å². The van der Waals surface area contributed by atoms with Crippen LogP contribution in [0, 0.1) is 6.92 Å². The van der Waals surface area contributed by atoms with E-state index in [0.717, 1.165) is 32.7 Å². The van der Waals surface area contributed by atoms with Crippen molar-refractivity contribution in [3.8, 4) is 0 Å². The minimum atomic E-state index is -0.934. The number of amides is 1. The van der Waals surface area contributed by atoms with Crippen molar-refractivity contribution in [2.75, 3.05) is 17.8 Å². The molecule has 0 spiro atoms. The normalized spacial score (nSPS) is 15.3. The van der Waals surface area contributed by atoms with E-state index in [1.165, 1.54) is 11.9 Å². The lowest BCUT2D eigenvalue weighted by Gasteiger charge is -2.39. The number of carbonyl (C=O) groups excluding carboxylic acids is 1. The van der Waals surface area contributed by atoms with E-state index in [9.17, 15) is 9.90 Å². The SMILES string of the molecule is Cc1ncccc1C1(O)CCN(C(=O)c2ccc(NSc3cccc4cccnc34)cc2)CC1. The van der Waals surface area contributed by atoms with E-state index in [2.05, 4.69) is 14.7 Å². The average Bonchev–Trinajstić information content (AvgIpc) is 2.88. The Morgan fingerprint density at radius 2 is 1.68 bits per heavy atom. The third kappa shape index (κ3) is 4.49. The van der Waals surface area contributed by atoms with Crippen molar-refractivity contribution in [2.24, 2.45) is 0 Å². The van der Waals surface area contributed by atoms with Gasteiger partial charge in [-0.3, -0.25) is 14.8 Å². The lowest BCUT2D eigenvalue weighted by molar-refractivity contribution is -0.0218. The largest absolute Gasteiger partial charge is 0.385 e. The predicted octanol–water partition coefficient (Wildman–Crippen LogP) is 5.18. The highest BCUT2D eigenvalue weighted by Crippen LogP contribution is 2.34. The number of fused-ring (bicyclic) bond motifs is 1. The number of nitrogens with one attached hydrogen (secondary N) is 1. The van der Waals surface area contributed by atoms with Gasteiger partial charge >= 0.3 is 0 Å². The number of hydrogen-bond acceptors (Lipinski definition) is 6. The number of aryl methyl sites for hydroxylation is 1. The monoisotopic (exact) mass is 470 g/mol. The standard InChI is InChI=1S/C27H26N4O2S/c1-19-23(7-4-15-28-19)27(33)13-17-31(18-14-27)26(32)21-9-11-22(12-10-21)30-34-24-8-2-5-20-6-3-16-29-25(20)24/h2-12,15-16,30,33H,13-14,17-18H2,1H3. The summed E-state index contributed by atoms with van der Waals surface area (Å²) < 4.78 is 3.35. The van der Waals surface area contributed by atoms with Crippen LogP contribution in [0.3, 0.4) is 0 Å². The molecule has 0 atom stereocenters. The highest BCUT2D eigenvalue weighted by Gasteiger charge is 2.36. The van der Waals surface area contributed by atoms with Gasteiger partial charge in [0.2, 0.25) is 0 Å². The molecule has 4 aromatic rings. The maximum Gasteiger partial charge on any atom is 0.253 e. The molecular formula is C27H26N4O2S.